The Morgan fingerprint density at radius 1 is 1.25 bits per heavy atom. The Morgan fingerprint density at radius 2 is 1.90 bits per heavy atom. The molecule has 5 heteroatoms. The lowest BCUT2D eigenvalue weighted by Crippen LogP contribution is -2.40. The number of benzene rings is 1. The van der Waals surface area contributed by atoms with E-state index in [0.717, 1.165) is 31.4 Å². The Labute approximate surface area is 119 Å². The molecule has 0 unspecified atom stereocenters. The molecule has 0 atom stereocenters. The second kappa shape index (κ2) is 8.51. The van der Waals surface area contributed by atoms with Crippen molar-refractivity contribution in [2.24, 2.45) is 4.99 Å². The second-order valence-corrected chi connectivity index (χ2v) is 4.78. The van der Waals surface area contributed by atoms with Crippen LogP contribution in [0.25, 0.3) is 0 Å². The van der Waals surface area contributed by atoms with Crippen LogP contribution in [0.2, 0.25) is 0 Å². The summed E-state index contributed by atoms with van der Waals surface area (Å²) < 4.78 is 26.1. The summed E-state index contributed by atoms with van der Waals surface area (Å²) in [7, 11) is 3.71. The van der Waals surface area contributed by atoms with Crippen molar-refractivity contribution in [3.05, 3.63) is 35.4 Å². The van der Waals surface area contributed by atoms with E-state index < -0.39 is 11.6 Å². The van der Waals surface area contributed by atoms with Gasteiger partial charge in [-0.3, -0.25) is 4.99 Å². The molecule has 0 bridgehead atoms. The van der Waals surface area contributed by atoms with Gasteiger partial charge in [-0.25, -0.2) is 8.78 Å². The minimum atomic E-state index is -0.538. The molecule has 0 aliphatic rings. The Morgan fingerprint density at radius 3 is 2.45 bits per heavy atom. The van der Waals surface area contributed by atoms with Crippen LogP contribution in [0.3, 0.4) is 0 Å². The average Bonchev–Trinajstić information content (AvgIpc) is 2.40. The number of hydrogen-bond donors (Lipinski definition) is 1. The summed E-state index contributed by atoms with van der Waals surface area (Å²) in [6.07, 6.45) is 2.78. The van der Waals surface area contributed by atoms with E-state index in [1.54, 1.807) is 7.05 Å². The number of rotatable bonds is 6. The van der Waals surface area contributed by atoms with Gasteiger partial charge < -0.3 is 10.2 Å². The maximum atomic E-state index is 13.1. The average molecular weight is 283 g/mol. The molecule has 0 saturated heterocycles. The third kappa shape index (κ3) is 5.55. The van der Waals surface area contributed by atoms with Crippen molar-refractivity contribution in [2.45, 2.75) is 26.2 Å². The van der Waals surface area contributed by atoms with Crippen molar-refractivity contribution >= 4 is 5.96 Å². The number of nitrogens with one attached hydrogen (secondary N) is 1. The Kier molecular flexibility index (Phi) is 6.98. The van der Waals surface area contributed by atoms with Gasteiger partial charge in [-0.05, 0) is 30.5 Å². The van der Waals surface area contributed by atoms with E-state index in [9.17, 15) is 8.78 Å². The maximum absolute atomic E-state index is 13.1. The van der Waals surface area contributed by atoms with Crippen LogP contribution in [-0.2, 0) is 6.42 Å². The zero-order valence-corrected chi connectivity index (χ0v) is 12.4. The molecular weight excluding hydrogens is 260 g/mol. The van der Waals surface area contributed by atoms with Crippen molar-refractivity contribution in [3.63, 3.8) is 0 Å². The minimum absolute atomic E-state index is 0.538. The monoisotopic (exact) mass is 283 g/mol. The summed E-state index contributed by atoms with van der Waals surface area (Å²) in [5.74, 6) is -0.274. The molecule has 0 heterocycles. The van der Waals surface area contributed by atoms with Crippen LogP contribution >= 0.6 is 0 Å². The molecule has 112 valence electrons. The van der Waals surface area contributed by atoms with Crippen molar-refractivity contribution in [1.82, 2.24) is 10.2 Å². The molecule has 1 rings (SSSR count). The SMILES string of the molecule is CCCCN(C)C(=NC)NCCc1cc(F)cc(F)c1. The first-order valence-electron chi connectivity index (χ1n) is 6.93. The van der Waals surface area contributed by atoms with Gasteiger partial charge in [0.1, 0.15) is 11.6 Å². The summed E-state index contributed by atoms with van der Waals surface area (Å²) in [6, 6.07) is 3.59. The zero-order chi connectivity index (χ0) is 15.0. The van der Waals surface area contributed by atoms with Gasteiger partial charge in [-0.15, -0.1) is 0 Å². The molecular formula is C15H23F2N3. The number of nitrogens with zero attached hydrogens (tertiary/aromatic N) is 2. The maximum Gasteiger partial charge on any atom is 0.193 e. The molecule has 0 radical (unpaired) electrons. The molecule has 1 aromatic rings. The number of hydrogen-bond acceptors (Lipinski definition) is 1. The predicted octanol–water partition coefficient (Wildman–Crippen LogP) is 2.81. The van der Waals surface area contributed by atoms with Gasteiger partial charge in [0.25, 0.3) is 0 Å². The summed E-state index contributed by atoms with van der Waals surface area (Å²) in [5, 5.41) is 3.20. The largest absolute Gasteiger partial charge is 0.356 e. The topological polar surface area (TPSA) is 27.6 Å². The number of unbranched alkanes of at least 4 members (excludes halogenated alkanes) is 1. The van der Waals surface area contributed by atoms with Crippen LogP contribution in [0, 0.1) is 11.6 Å². The van der Waals surface area contributed by atoms with E-state index in [1.807, 2.05) is 7.05 Å². The molecule has 0 spiro atoms. The summed E-state index contributed by atoms with van der Waals surface area (Å²) in [5.41, 5.74) is 0.640. The number of guanidine groups is 1. The van der Waals surface area contributed by atoms with E-state index in [0.29, 0.717) is 18.5 Å². The van der Waals surface area contributed by atoms with Gasteiger partial charge in [-0.2, -0.15) is 0 Å². The fraction of sp³-hybridized carbons (Fsp3) is 0.533. The summed E-state index contributed by atoms with van der Waals surface area (Å²) in [6.45, 7) is 3.67. The van der Waals surface area contributed by atoms with Crippen molar-refractivity contribution in [3.8, 4) is 0 Å². The molecule has 0 amide bonds. The van der Waals surface area contributed by atoms with Crippen LogP contribution in [0.4, 0.5) is 8.78 Å². The van der Waals surface area contributed by atoms with Gasteiger partial charge in [-0.1, -0.05) is 13.3 Å². The first kappa shape index (κ1) is 16.4. The van der Waals surface area contributed by atoms with Crippen molar-refractivity contribution in [2.75, 3.05) is 27.2 Å². The van der Waals surface area contributed by atoms with Gasteiger partial charge in [0, 0.05) is 33.3 Å². The highest BCUT2D eigenvalue weighted by molar-refractivity contribution is 5.79. The van der Waals surface area contributed by atoms with Gasteiger partial charge in [0.05, 0.1) is 0 Å². The fourth-order valence-electron chi connectivity index (χ4n) is 1.96. The predicted molar refractivity (Wildman–Crippen MR) is 79.0 cm³/mol. The van der Waals surface area contributed by atoms with E-state index in [2.05, 4.69) is 22.1 Å². The van der Waals surface area contributed by atoms with Crippen LogP contribution in [0.1, 0.15) is 25.3 Å². The molecule has 1 N–H and O–H groups in total. The first-order chi connectivity index (χ1) is 9.56. The van der Waals surface area contributed by atoms with Crippen molar-refractivity contribution < 1.29 is 8.78 Å². The molecule has 0 fully saturated rings. The quantitative estimate of drug-likeness (QED) is 0.642. The Balaban J connectivity index is 2.45. The van der Waals surface area contributed by atoms with Crippen LogP contribution in [0.5, 0.6) is 0 Å². The van der Waals surface area contributed by atoms with Crippen LogP contribution in [0.15, 0.2) is 23.2 Å². The lowest BCUT2D eigenvalue weighted by Gasteiger charge is -2.21. The molecule has 0 saturated carbocycles. The first-order valence-corrected chi connectivity index (χ1v) is 6.93. The Hall–Kier alpha value is -1.65. The van der Waals surface area contributed by atoms with E-state index in [4.69, 9.17) is 0 Å². The number of aliphatic imine (C=N–C) groups is 1. The highest BCUT2D eigenvalue weighted by Gasteiger charge is 2.05. The van der Waals surface area contributed by atoms with Crippen molar-refractivity contribution in [1.29, 1.82) is 0 Å². The third-order valence-electron chi connectivity index (χ3n) is 3.04. The second-order valence-electron chi connectivity index (χ2n) is 4.78. The number of halogens is 2. The highest BCUT2D eigenvalue weighted by atomic mass is 19.1. The molecule has 0 aromatic heterocycles. The van der Waals surface area contributed by atoms with Gasteiger partial charge in [0.2, 0.25) is 0 Å². The molecule has 0 aliphatic heterocycles. The molecule has 1 aromatic carbocycles. The van der Waals surface area contributed by atoms with Crippen LogP contribution in [-0.4, -0.2) is 38.0 Å². The minimum Gasteiger partial charge on any atom is -0.356 e. The van der Waals surface area contributed by atoms with E-state index >= 15 is 0 Å². The lowest BCUT2D eigenvalue weighted by molar-refractivity contribution is 0.465. The zero-order valence-electron chi connectivity index (χ0n) is 12.4. The van der Waals surface area contributed by atoms with E-state index in [-0.39, 0.29) is 0 Å². The standard InChI is InChI=1S/C15H23F2N3/c1-4-5-8-20(3)15(18-2)19-7-6-12-9-13(16)11-14(17)10-12/h9-11H,4-8H2,1-3H3,(H,18,19). The normalized spacial score (nSPS) is 11.6. The van der Waals surface area contributed by atoms with E-state index in [1.165, 1.54) is 12.1 Å². The molecule has 3 nitrogen and oxygen atoms in total. The lowest BCUT2D eigenvalue weighted by atomic mass is 10.1. The summed E-state index contributed by atoms with van der Waals surface area (Å²) >= 11 is 0. The third-order valence-corrected chi connectivity index (χ3v) is 3.04. The molecule has 0 aliphatic carbocycles. The summed E-state index contributed by atoms with van der Waals surface area (Å²) in [4.78, 5) is 6.24. The molecule has 20 heavy (non-hydrogen) atoms. The van der Waals surface area contributed by atoms with Gasteiger partial charge in [0.15, 0.2) is 5.96 Å². The smallest absolute Gasteiger partial charge is 0.193 e. The Bertz CT molecular complexity index is 426. The van der Waals surface area contributed by atoms with Crippen LogP contribution < -0.4 is 5.32 Å². The highest BCUT2D eigenvalue weighted by Crippen LogP contribution is 2.08. The fourth-order valence-corrected chi connectivity index (χ4v) is 1.96. The van der Waals surface area contributed by atoms with Gasteiger partial charge >= 0.3 is 0 Å².